The Kier molecular flexibility index (Phi) is 3.79. The third-order valence-corrected chi connectivity index (χ3v) is 2.47. The minimum Gasteiger partial charge on any atom is -0.298 e. The molecule has 100 valence electrons. The van der Waals surface area contributed by atoms with Crippen molar-refractivity contribution in [2.75, 3.05) is 0 Å². The van der Waals surface area contributed by atoms with Crippen molar-refractivity contribution >= 4 is 5.78 Å². The summed E-state index contributed by atoms with van der Waals surface area (Å²) in [6, 6.07) is 0. The number of ketones is 1. The predicted octanol–water partition coefficient (Wildman–Crippen LogP) is 2.52. The van der Waals surface area contributed by atoms with Crippen molar-refractivity contribution in [1.82, 2.24) is 9.55 Å². The first-order valence-electron chi connectivity index (χ1n) is 6.11. The van der Waals surface area contributed by atoms with E-state index in [4.69, 9.17) is 0 Å². The van der Waals surface area contributed by atoms with E-state index in [1.807, 2.05) is 20.8 Å². The van der Waals surface area contributed by atoms with Gasteiger partial charge in [0.2, 0.25) is 0 Å². The first-order chi connectivity index (χ1) is 8.02. The van der Waals surface area contributed by atoms with Crippen LogP contribution < -0.4 is 5.56 Å². The maximum Gasteiger partial charge on any atom is 0.264 e. The number of hydrogen-bond donors (Lipinski definition) is 0. The van der Waals surface area contributed by atoms with Crippen molar-refractivity contribution in [2.45, 2.75) is 48.1 Å². The van der Waals surface area contributed by atoms with Crippen LogP contribution in [0.1, 0.15) is 51.9 Å². The standard InChI is InChI=1S/C14H22N2O2/c1-13(2,3)8-16-9-15-7-10(12(16)18)11(17)14(4,5)6/h7,9H,8H2,1-6H3. The second-order valence-electron chi connectivity index (χ2n) is 6.88. The summed E-state index contributed by atoms with van der Waals surface area (Å²) in [5, 5.41) is 0. The van der Waals surface area contributed by atoms with Crippen LogP contribution in [0.2, 0.25) is 0 Å². The first-order valence-corrected chi connectivity index (χ1v) is 6.11. The summed E-state index contributed by atoms with van der Waals surface area (Å²) in [4.78, 5) is 28.4. The molecule has 0 amide bonds. The van der Waals surface area contributed by atoms with Crippen LogP contribution in [-0.2, 0) is 6.54 Å². The van der Waals surface area contributed by atoms with E-state index in [-0.39, 0.29) is 22.3 Å². The van der Waals surface area contributed by atoms with Gasteiger partial charge >= 0.3 is 0 Å². The Hall–Kier alpha value is -1.45. The third-order valence-electron chi connectivity index (χ3n) is 2.47. The molecule has 4 nitrogen and oxygen atoms in total. The largest absolute Gasteiger partial charge is 0.298 e. The summed E-state index contributed by atoms with van der Waals surface area (Å²) in [5.74, 6) is -0.164. The van der Waals surface area contributed by atoms with E-state index in [9.17, 15) is 9.59 Å². The van der Waals surface area contributed by atoms with Crippen LogP contribution in [0.5, 0.6) is 0 Å². The molecule has 0 aliphatic rings. The lowest BCUT2D eigenvalue weighted by molar-refractivity contribution is 0.0855. The van der Waals surface area contributed by atoms with E-state index in [1.54, 1.807) is 20.8 Å². The van der Waals surface area contributed by atoms with E-state index in [2.05, 4.69) is 4.98 Å². The van der Waals surface area contributed by atoms with Crippen LogP contribution in [0, 0.1) is 10.8 Å². The molecule has 0 aromatic carbocycles. The number of aromatic nitrogens is 2. The molecule has 0 fully saturated rings. The zero-order valence-electron chi connectivity index (χ0n) is 12.1. The monoisotopic (exact) mass is 250 g/mol. The quantitative estimate of drug-likeness (QED) is 0.758. The fourth-order valence-corrected chi connectivity index (χ4v) is 1.63. The maximum atomic E-state index is 12.2. The molecule has 0 unspecified atom stereocenters. The summed E-state index contributed by atoms with van der Waals surface area (Å²) < 4.78 is 1.51. The Morgan fingerprint density at radius 1 is 1.22 bits per heavy atom. The van der Waals surface area contributed by atoms with Crippen LogP contribution >= 0.6 is 0 Å². The number of carbonyl (C=O) groups is 1. The first kappa shape index (κ1) is 14.6. The molecular weight excluding hydrogens is 228 g/mol. The highest BCUT2D eigenvalue weighted by atomic mass is 16.1. The van der Waals surface area contributed by atoms with Crippen LogP contribution in [0.25, 0.3) is 0 Å². The number of carbonyl (C=O) groups excluding carboxylic acids is 1. The van der Waals surface area contributed by atoms with Gasteiger partial charge in [0, 0.05) is 18.2 Å². The Morgan fingerprint density at radius 3 is 2.22 bits per heavy atom. The molecule has 1 rings (SSSR count). The fourth-order valence-electron chi connectivity index (χ4n) is 1.63. The van der Waals surface area contributed by atoms with Gasteiger partial charge in [0.1, 0.15) is 5.56 Å². The molecule has 0 spiro atoms. The highest BCUT2D eigenvalue weighted by molar-refractivity contribution is 5.99. The van der Waals surface area contributed by atoms with E-state index in [0.717, 1.165) is 0 Å². The molecule has 0 radical (unpaired) electrons. The van der Waals surface area contributed by atoms with Gasteiger partial charge in [-0.05, 0) is 5.41 Å². The van der Waals surface area contributed by atoms with Gasteiger partial charge in [-0.3, -0.25) is 14.2 Å². The lowest BCUT2D eigenvalue weighted by atomic mass is 9.87. The molecule has 18 heavy (non-hydrogen) atoms. The van der Waals surface area contributed by atoms with Crippen LogP contribution in [0.3, 0.4) is 0 Å². The van der Waals surface area contributed by atoms with Crippen molar-refractivity contribution in [2.24, 2.45) is 10.8 Å². The lowest BCUT2D eigenvalue weighted by Gasteiger charge is -2.21. The maximum absolute atomic E-state index is 12.2. The molecular formula is C14H22N2O2. The summed E-state index contributed by atoms with van der Waals surface area (Å²) in [5.41, 5.74) is -0.675. The SMILES string of the molecule is CC(C)(C)Cn1cncc(C(=O)C(C)(C)C)c1=O. The molecule has 0 saturated carbocycles. The Labute approximate surface area is 108 Å². The van der Waals surface area contributed by atoms with Crippen molar-refractivity contribution < 1.29 is 4.79 Å². The minimum absolute atomic E-state index is 0.0328. The number of Topliss-reactive ketones (excluding diaryl/α,β-unsaturated/α-hetero) is 1. The Bertz CT molecular complexity index is 502. The smallest absolute Gasteiger partial charge is 0.264 e. The minimum atomic E-state index is -0.568. The van der Waals surface area contributed by atoms with Gasteiger partial charge in [-0.25, -0.2) is 4.98 Å². The number of hydrogen-bond acceptors (Lipinski definition) is 3. The highest BCUT2D eigenvalue weighted by Gasteiger charge is 2.26. The summed E-state index contributed by atoms with van der Waals surface area (Å²) in [6.07, 6.45) is 2.86. The molecule has 4 heteroatoms. The van der Waals surface area contributed by atoms with E-state index < -0.39 is 5.41 Å². The van der Waals surface area contributed by atoms with Gasteiger partial charge in [-0.15, -0.1) is 0 Å². The normalized spacial score (nSPS) is 12.6. The summed E-state index contributed by atoms with van der Waals surface area (Å²) >= 11 is 0. The second kappa shape index (κ2) is 4.67. The van der Waals surface area contributed by atoms with Gasteiger partial charge in [-0.2, -0.15) is 0 Å². The van der Waals surface area contributed by atoms with Crippen LogP contribution in [0.15, 0.2) is 17.3 Å². The van der Waals surface area contributed by atoms with E-state index in [1.165, 1.54) is 17.1 Å². The topological polar surface area (TPSA) is 52.0 Å². The number of rotatable bonds is 2. The zero-order valence-corrected chi connectivity index (χ0v) is 12.1. The van der Waals surface area contributed by atoms with Crippen molar-refractivity contribution in [1.29, 1.82) is 0 Å². The van der Waals surface area contributed by atoms with Gasteiger partial charge in [0.25, 0.3) is 5.56 Å². The van der Waals surface area contributed by atoms with Crippen molar-refractivity contribution in [3.63, 3.8) is 0 Å². The third kappa shape index (κ3) is 3.52. The predicted molar refractivity (Wildman–Crippen MR) is 71.7 cm³/mol. The van der Waals surface area contributed by atoms with E-state index >= 15 is 0 Å². The average molecular weight is 250 g/mol. The molecule has 0 bridgehead atoms. The second-order valence-corrected chi connectivity index (χ2v) is 6.88. The molecule has 1 aromatic rings. The molecule has 0 aliphatic carbocycles. The lowest BCUT2D eigenvalue weighted by Crippen LogP contribution is -2.34. The van der Waals surface area contributed by atoms with Gasteiger partial charge < -0.3 is 0 Å². The molecule has 1 aromatic heterocycles. The van der Waals surface area contributed by atoms with Gasteiger partial charge in [-0.1, -0.05) is 41.5 Å². The van der Waals surface area contributed by atoms with E-state index in [0.29, 0.717) is 6.54 Å². The zero-order chi connectivity index (χ0) is 14.1. The van der Waals surface area contributed by atoms with Crippen LogP contribution in [0.4, 0.5) is 0 Å². The van der Waals surface area contributed by atoms with Crippen molar-refractivity contribution in [3.05, 3.63) is 28.4 Å². The molecule has 0 N–H and O–H groups in total. The summed E-state index contributed by atoms with van der Waals surface area (Å²) in [7, 11) is 0. The van der Waals surface area contributed by atoms with Crippen molar-refractivity contribution in [3.8, 4) is 0 Å². The molecule has 0 aliphatic heterocycles. The Balaban J connectivity index is 3.23. The molecule has 1 heterocycles. The van der Waals surface area contributed by atoms with Gasteiger partial charge in [0.05, 0.1) is 6.33 Å². The number of nitrogens with zero attached hydrogens (tertiary/aromatic N) is 2. The Morgan fingerprint density at radius 2 is 1.78 bits per heavy atom. The fraction of sp³-hybridized carbons (Fsp3) is 0.643. The van der Waals surface area contributed by atoms with Gasteiger partial charge in [0.15, 0.2) is 5.78 Å². The highest BCUT2D eigenvalue weighted by Crippen LogP contribution is 2.19. The van der Waals surface area contributed by atoms with Crippen LogP contribution in [-0.4, -0.2) is 15.3 Å². The molecule has 0 saturated heterocycles. The molecule has 0 atom stereocenters. The summed E-state index contributed by atoms with van der Waals surface area (Å²) in [6.45, 7) is 12.1. The average Bonchev–Trinajstić information content (AvgIpc) is 2.17.